The maximum absolute atomic E-state index is 13.9. The molecule has 4 rings (SSSR count). The molecule has 0 aromatic rings. The molecular formula is C12H18F2O. The molecule has 15 heavy (non-hydrogen) atoms. The normalized spacial score (nSPS) is 48.6. The van der Waals surface area contributed by atoms with Crippen LogP contribution in [0.2, 0.25) is 0 Å². The number of hydrogen-bond acceptors (Lipinski definition) is 1. The van der Waals surface area contributed by atoms with E-state index in [0.29, 0.717) is 37.0 Å². The highest BCUT2D eigenvalue weighted by Crippen LogP contribution is 2.64. The Morgan fingerprint density at radius 1 is 1.00 bits per heavy atom. The minimum Gasteiger partial charge on any atom is -0.323 e. The highest BCUT2D eigenvalue weighted by atomic mass is 19.3. The zero-order valence-corrected chi connectivity index (χ0v) is 9.14. The summed E-state index contributed by atoms with van der Waals surface area (Å²) in [6.45, 7) is 0. The first kappa shape index (κ1) is 10.0. The van der Waals surface area contributed by atoms with Gasteiger partial charge in [-0.2, -0.15) is 8.78 Å². The van der Waals surface area contributed by atoms with Gasteiger partial charge in [-0.05, 0) is 56.3 Å². The third kappa shape index (κ3) is 1.28. The van der Waals surface area contributed by atoms with E-state index in [1.54, 1.807) is 0 Å². The smallest absolute Gasteiger partial charge is 0.323 e. The van der Waals surface area contributed by atoms with Gasteiger partial charge in [0.1, 0.15) is 0 Å². The van der Waals surface area contributed by atoms with Gasteiger partial charge in [-0.3, -0.25) is 0 Å². The van der Waals surface area contributed by atoms with Gasteiger partial charge < -0.3 is 4.74 Å². The third-order valence-corrected chi connectivity index (χ3v) is 4.91. The van der Waals surface area contributed by atoms with Crippen LogP contribution in [0.5, 0.6) is 0 Å². The highest BCUT2D eigenvalue weighted by molar-refractivity contribution is 5.04. The lowest BCUT2D eigenvalue weighted by Crippen LogP contribution is -2.55. The van der Waals surface area contributed by atoms with Crippen LogP contribution in [0.1, 0.15) is 38.5 Å². The molecule has 0 saturated heterocycles. The number of ether oxygens (including phenoxy) is 1. The molecule has 4 fully saturated rings. The van der Waals surface area contributed by atoms with Gasteiger partial charge in [-0.1, -0.05) is 0 Å². The molecule has 0 heterocycles. The van der Waals surface area contributed by atoms with E-state index in [1.807, 2.05) is 0 Å². The molecule has 1 nitrogen and oxygen atoms in total. The first-order valence-corrected chi connectivity index (χ1v) is 5.98. The van der Waals surface area contributed by atoms with E-state index in [1.165, 1.54) is 19.3 Å². The Morgan fingerprint density at radius 2 is 1.40 bits per heavy atom. The third-order valence-electron chi connectivity index (χ3n) is 4.91. The molecule has 0 amide bonds. The second kappa shape index (κ2) is 2.93. The molecule has 0 aromatic heterocycles. The molecule has 0 unspecified atom stereocenters. The van der Waals surface area contributed by atoms with E-state index in [0.717, 1.165) is 7.11 Å². The average Bonchev–Trinajstić information content (AvgIpc) is 2.15. The van der Waals surface area contributed by atoms with Crippen molar-refractivity contribution >= 4 is 0 Å². The van der Waals surface area contributed by atoms with Crippen LogP contribution in [-0.4, -0.2) is 13.2 Å². The summed E-state index contributed by atoms with van der Waals surface area (Å²) >= 11 is 0. The van der Waals surface area contributed by atoms with Crippen molar-refractivity contribution in [3.63, 3.8) is 0 Å². The predicted molar refractivity (Wildman–Crippen MR) is 52.6 cm³/mol. The van der Waals surface area contributed by atoms with Gasteiger partial charge >= 0.3 is 6.11 Å². The molecule has 4 aliphatic rings. The Kier molecular flexibility index (Phi) is 1.96. The van der Waals surface area contributed by atoms with Crippen LogP contribution in [0.25, 0.3) is 0 Å². The molecule has 86 valence electrons. The van der Waals surface area contributed by atoms with Crippen LogP contribution in [0, 0.1) is 23.2 Å². The second-order valence-corrected chi connectivity index (χ2v) is 5.92. The molecule has 0 N–H and O–H groups in total. The van der Waals surface area contributed by atoms with Crippen molar-refractivity contribution in [2.45, 2.75) is 44.6 Å². The van der Waals surface area contributed by atoms with E-state index < -0.39 is 11.5 Å². The van der Waals surface area contributed by atoms with Crippen LogP contribution in [-0.2, 0) is 4.74 Å². The van der Waals surface area contributed by atoms with Crippen molar-refractivity contribution in [2.75, 3.05) is 7.11 Å². The quantitative estimate of drug-likeness (QED) is 0.687. The monoisotopic (exact) mass is 216 g/mol. The minimum absolute atomic E-state index is 0.553. The fourth-order valence-corrected chi connectivity index (χ4v) is 4.68. The van der Waals surface area contributed by atoms with Crippen molar-refractivity contribution in [2.24, 2.45) is 23.2 Å². The molecule has 0 radical (unpaired) electrons. The predicted octanol–water partition coefficient (Wildman–Crippen LogP) is 3.44. The Bertz CT molecular complexity index is 240. The van der Waals surface area contributed by atoms with E-state index in [9.17, 15) is 8.78 Å². The van der Waals surface area contributed by atoms with Crippen molar-refractivity contribution in [1.29, 1.82) is 0 Å². The molecule has 4 bridgehead atoms. The maximum Gasteiger partial charge on any atom is 0.361 e. The number of alkyl halides is 2. The SMILES string of the molecule is COC(F)(F)C12CC3CC(CC(C3)C1)C2. The lowest BCUT2D eigenvalue weighted by atomic mass is 9.49. The highest BCUT2D eigenvalue weighted by Gasteiger charge is 2.62. The molecule has 0 spiro atoms. The Morgan fingerprint density at radius 3 is 1.73 bits per heavy atom. The summed E-state index contributed by atoms with van der Waals surface area (Å²) in [4.78, 5) is 0. The van der Waals surface area contributed by atoms with Crippen molar-refractivity contribution in [3.8, 4) is 0 Å². The summed E-state index contributed by atoms with van der Waals surface area (Å²) in [5, 5.41) is 0. The summed E-state index contributed by atoms with van der Waals surface area (Å²) in [5.74, 6) is 1.66. The lowest BCUT2D eigenvalue weighted by molar-refractivity contribution is -0.328. The maximum atomic E-state index is 13.9. The van der Waals surface area contributed by atoms with Crippen LogP contribution in [0.15, 0.2) is 0 Å². The Balaban J connectivity index is 1.93. The zero-order valence-electron chi connectivity index (χ0n) is 9.14. The number of rotatable bonds is 2. The standard InChI is InChI=1S/C12H18F2O/c1-15-12(13,14)11-5-8-2-9(6-11)4-10(3-8)7-11/h8-10H,2-7H2,1H3. The minimum atomic E-state index is -2.90. The first-order valence-electron chi connectivity index (χ1n) is 5.98. The van der Waals surface area contributed by atoms with Gasteiger partial charge in [0, 0.05) is 7.11 Å². The Labute approximate surface area is 89.2 Å². The zero-order chi connectivity index (χ0) is 10.7. The summed E-state index contributed by atoms with van der Waals surface area (Å²) < 4.78 is 32.2. The summed E-state index contributed by atoms with van der Waals surface area (Å²) in [6, 6.07) is 0. The molecule has 3 heteroatoms. The van der Waals surface area contributed by atoms with E-state index in [2.05, 4.69) is 4.74 Å². The van der Waals surface area contributed by atoms with Gasteiger partial charge in [0.05, 0.1) is 5.41 Å². The van der Waals surface area contributed by atoms with Gasteiger partial charge in [0.15, 0.2) is 0 Å². The van der Waals surface area contributed by atoms with Crippen LogP contribution in [0.3, 0.4) is 0 Å². The average molecular weight is 216 g/mol. The molecule has 0 aliphatic heterocycles. The summed E-state index contributed by atoms with van der Waals surface area (Å²) in [5.41, 5.74) is -0.809. The fourth-order valence-electron chi connectivity index (χ4n) is 4.68. The van der Waals surface area contributed by atoms with Crippen LogP contribution >= 0.6 is 0 Å². The van der Waals surface area contributed by atoms with Gasteiger partial charge in [0.2, 0.25) is 0 Å². The van der Waals surface area contributed by atoms with E-state index in [4.69, 9.17) is 0 Å². The van der Waals surface area contributed by atoms with Crippen molar-refractivity contribution < 1.29 is 13.5 Å². The molecule has 0 atom stereocenters. The topological polar surface area (TPSA) is 9.23 Å². The van der Waals surface area contributed by atoms with E-state index >= 15 is 0 Å². The largest absolute Gasteiger partial charge is 0.361 e. The van der Waals surface area contributed by atoms with Crippen LogP contribution < -0.4 is 0 Å². The molecule has 0 aromatic carbocycles. The summed E-state index contributed by atoms with van der Waals surface area (Å²) in [6.07, 6.45) is 2.76. The molecule has 4 saturated carbocycles. The van der Waals surface area contributed by atoms with Crippen LogP contribution in [0.4, 0.5) is 8.78 Å². The van der Waals surface area contributed by atoms with E-state index in [-0.39, 0.29) is 0 Å². The number of hydrogen-bond donors (Lipinski definition) is 0. The number of methoxy groups -OCH3 is 1. The molecule has 4 aliphatic carbocycles. The first-order chi connectivity index (χ1) is 7.05. The van der Waals surface area contributed by atoms with Crippen molar-refractivity contribution in [3.05, 3.63) is 0 Å². The summed E-state index contributed by atoms with van der Waals surface area (Å²) in [7, 11) is 1.15. The lowest BCUT2D eigenvalue weighted by Gasteiger charge is -2.58. The number of halogens is 2. The van der Waals surface area contributed by atoms with Gasteiger partial charge in [0.25, 0.3) is 0 Å². The second-order valence-electron chi connectivity index (χ2n) is 5.92. The van der Waals surface area contributed by atoms with Gasteiger partial charge in [-0.15, -0.1) is 0 Å². The fraction of sp³-hybridized carbons (Fsp3) is 1.00. The Hall–Kier alpha value is -0.180. The van der Waals surface area contributed by atoms with Gasteiger partial charge in [-0.25, -0.2) is 0 Å². The van der Waals surface area contributed by atoms with Crippen molar-refractivity contribution in [1.82, 2.24) is 0 Å². The molecular weight excluding hydrogens is 198 g/mol.